The van der Waals surface area contributed by atoms with Gasteiger partial charge in [0.2, 0.25) is 5.91 Å². The van der Waals surface area contributed by atoms with Gasteiger partial charge in [-0.2, -0.15) is 18.3 Å². The summed E-state index contributed by atoms with van der Waals surface area (Å²) in [5.74, 6) is -0.0955. The standard InChI is InChI=1S/C24H25BrF3N5O/c1-15-22-19(24(26,27)28)12-20(17-5-6-17)29-23(22)33(30-15)14-21(34)32-9-7-31(8-10-32)13-16-3-2-4-18(25)11-16/h2-4,11-12,17H,5-10,13-14H2,1H3. The molecule has 1 aliphatic heterocycles. The molecular formula is C24H25BrF3N5O. The largest absolute Gasteiger partial charge is 0.417 e. The Morgan fingerprint density at radius 1 is 1.15 bits per heavy atom. The number of hydrogen-bond acceptors (Lipinski definition) is 4. The smallest absolute Gasteiger partial charge is 0.339 e. The molecule has 1 saturated carbocycles. The molecule has 6 nitrogen and oxygen atoms in total. The fraction of sp³-hybridized carbons (Fsp3) is 0.458. The highest BCUT2D eigenvalue weighted by Crippen LogP contribution is 2.43. The van der Waals surface area contributed by atoms with Crippen LogP contribution in [0.5, 0.6) is 0 Å². The molecule has 0 N–H and O–H groups in total. The normalized spacial score (nSPS) is 17.5. The Morgan fingerprint density at radius 3 is 2.53 bits per heavy atom. The van der Waals surface area contributed by atoms with E-state index < -0.39 is 11.7 Å². The molecule has 0 atom stereocenters. The Labute approximate surface area is 203 Å². The van der Waals surface area contributed by atoms with E-state index in [2.05, 4.69) is 43.0 Å². The lowest BCUT2D eigenvalue weighted by atomic mass is 10.1. The molecule has 34 heavy (non-hydrogen) atoms. The van der Waals surface area contributed by atoms with Crippen molar-refractivity contribution in [3.05, 3.63) is 57.3 Å². The second kappa shape index (κ2) is 8.96. The number of benzene rings is 1. The minimum absolute atomic E-state index is 0.0106. The average molecular weight is 536 g/mol. The number of aromatic nitrogens is 3. The number of amides is 1. The zero-order chi connectivity index (χ0) is 24.0. The lowest BCUT2D eigenvalue weighted by Crippen LogP contribution is -2.49. The van der Waals surface area contributed by atoms with Gasteiger partial charge in [0.1, 0.15) is 6.54 Å². The molecule has 1 aliphatic carbocycles. The van der Waals surface area contributed by atoms with Gasteiger partial charge in [0, 0.05) is 48.8 Å². The van der Waals surface area contributed by atoms with Gasteiger partial charge in [0.15, 0.2) is 5.65 Å². The Morgan fingerprint density at radius 2 is 1.88 bits per heavy atom. The molecule has 3 heterocycles. The molecule has 1 amide bonds. The first-order chi connectivity index (χ1) is 16.2. The summed E-state index contributed by atoms with van der Waals surface area (Å²) in [5, 5.41) is 4.28. The summed E-state index contributed by atoms with van der Waals surface area (Å²) in [4.78, 5) is 21.6. The first kappa shape index (κ1) is 23.3. The summed E-state index contributed by atoms with van der Waals surface area (Å²) < 4.78 is 43.8. The summed E-state index contributed by atoms with van der Waals surface area (Å²) in [5.41, 5.74) is 1.32. The van der Waals surface area contributed by atoms with Crippen molar-refractivity contribution in [2.75, 3.05) is 26.2 Å². The maximum atomic E-state index is 13.8. The number of carbonyl (C=O) groups excluding carboxylic acids is 1. The number of pyridine rings is 1. The number of alkyl halides is 3. The van der Waals surface area contributed by atoms with E-state index in [1.54, 1.807) is 4.90 Å². The van der Waals surface area contributed by atoms with Gasteiger partial charge in [0.05, 0.1) is 16.6 Å². The van der Waals surface area contributed by atoms with Crippen LogP contribution in [0.15, 0.2) is 34.8 Å². The summed E-state index contributed by atoms with van der Waals surface area (Å²) in [7, 11) is 0. The third-order valence-corrected chi connectivity index (χ3v) is 7.00. The van der Waals surface area contributed by atoms with Gasteiger partial charge >= 0.3 is 6.18 Å². The van der Waals surface area contributed by atoms with Crippen LogP contribution in [-0.2, 0) is 24.1 Å². The Hall–Kier alpha value is -2.46. The second-order valence-corrected chi connectivity index (χ2v) is 10.0. The van der Waals surface area contributed by atoms with Crippen LogP contribution in [0.25, 0.3) is 11.0 Å². The topological polar surface area (TPSA) is 54.3 Å². The average Bonchev–Trinajstić information content (AvgIpc) is 3.58. The molecule has 0 unspecified atom stereocenters. The number of carbonyl (C=O) groups is 1. The number of halogens is 4. The molecule has 5 rings (SSSR count). The van der Waals surface area contributed by atoms with E-state index >= 15 is 0 Å². The van der Waals surface area contributed by atoms with E-state index in [9.17, 15) is 18.0 Å². The van der Waals surface area contributed by atoms with Crippen molar-refractivity contribution in [2.45, 2.75) is 44.9 Å². The summed E-state index contributed by atoms with van der Waals surface area (Å²) in [6.07, 6.45) is -2.82. The summed E-state index contributed by atoms with van der Waals surface area (Å²) in [6, 6.07) is 9.31. The highest BCUT2D eigenvalue weighted by molar-refractivity contribution is 9.10. The molecule has 2 fully saturated rings. The maximum absolute atomic E-state index is 13.8. The molecule has 3 aromatic rings. The predicted molar refractivity (Wildman–Crippen MR) is 125 cm³/mol. The van der Waals surface area contributed by atoms with E-state index in [4.69, 9.17) is 0 Å². The quantitative estimate of drug-likeness (QED) is 0.473. The van der Waals surface area contributed by atoms with Crippen molar-refractivity contribution in [3.8, 4) is 0 Å². The number of hydrogen-bond donors (Lipinski definition) is 0. The van der Waals surface area contributed by atoms with Crippen LogP contribution in [-0.4, -0.2) is 56.7 Å². The lowest BCUT2D eigenvalue weighted by Gasteiger charge is -2.34. The van der Waals surface area contributed by atoms with Gasteiger partial charge in [-0.1, -0.05) is 28.1 Å². The van der Waals surface area contributed by atoms with Crippen molar-refractivity contribution < 1.29 is 18.0 Å². The second-order valence-electron chi connectivity index (χ2n) is 9.10. The molecule has 1 saturated heterocycles. The van der Waals surface area contributed by atoms with Gasteiger partial charge in [0.25, 0.3) is 0 Å². The molecule has 180 valence electrons. The Balaban J connectivity index is 1.31. The van der Waals surface area contributed by atoms with Crippen molar-refractivity contribution in [1.82, 2.24) is 24.6 Å². The number of rotatable bonds is 5. The Kier molecular flexibility index (Phi) is 6.14. The number of nitrogens with zero attached hydrogens (tertiary/aromatic N) is 5. The Bertz CT molecular complexity index is 1230. The van der Waals surface area contributed by atoms with Crippen LogP contribution in [0.3, 0.4) is 0 Å². The fourth-order valence-electron chi connectivity index (χ4n) is 4.57. The van der Waals surface area contributed by atoms with Crippen molar-refractivity contribution >= 4 is 32.9 Å². The number of piperazine rings is 1. The first-order valence-corrected chi connectivity index (χ1v) is 12.2. The summed E-state index contributed by atoms with van der Waals surface area (Å²) in [6.45, 7) is 4.84. The van der Waals surface area contributed by atoms with Crippen molar-refractivity contribution in [1.29, 1.82) is 0 Å². The first-order valence-electron chi connectivity index (χ1n) is 11.4. The zero-order valence-electron chi connectivity index (χ0n) is 18.8. The monoisotopic (exact) mass is 535 g/mol. The van der Waals surface area contributed by atoms with Gasteiger partial charge in [-0.05, 0) is 43.5 Å². The highest BCUT2D eigenvalue weighted by atomic mass is 79.9. The van der Waals surface area contributed by atoms with E-state index in [0.717, 1.165) is 43.0 Å². The van der Waals surface area contributed by atoms with Crippen LogP contribution in [0, 0.1) is 6.92 Å². The minimum Gasteiger partial charge on any atom is -0.339 e. The molecule has 2 aromatic heterocycles. The molecule has 0 radical (unpaired) electrons. The van der Waals surface area contributed by atoms with Crippen LogP contribution in [0.2, 0.25) is 0 Å². The minimum atomic E-state index is -4.50. The zero-order valence-corrected chi connectivity index (χ0v) is 20.4. The van der Waals surface area contributed by atoms with Crippen LogP contribution in [0.1, 0.15) is 41.3 Å². The molecule has 10 heteroatoms. The SMILES string of the molecule is Cc1nn(CC(=O)N2CCN(Cc3cccc(Br)c3)CC2)c2nc(C3CC3)cc(C(F)(F)F)c12. The highest BCUT2D eigenvalue weighted by Gasteiger charge is 2.38. The molecular weight excluding hydrogens is 511 g/mol. The summed E-state index contributed by atoms with van der Waals surface area (Å²) >= 11 is 3.49. The molecule has 0 bridgehead atoms. The van der Waals surface area contributed by atoms with Gasteiger partial charge in [-0.15, -0.1) is 0 Å². The van der Waals surface area contributed by atoms with Crippen molar-refractivity contribution in [2.24, 2.45) is 0 Å². The number of fused-ring (bicyclic) bond motifs is 1. The van der Waals surface area contributed by atoms with Crippen LogP contribution < -0.4 is 0 Å². The van der Waals surface area contributed by atoms with E-state index in [0.29, 0.717) is 18.8 Å². The van der Waals surface area contributed by atoms with Crippen LogP contribution in [0.4, 0.5) is 13.2 Å². The fourth-order valence-corrected chi connectivity index (χ4v) is 5.02. The molecule has 1 aromatic carbocycles. The van der Waals surface area contributed by atoms with E-state index in [-0.39, 0.29) is 35.1 Å². The van der Waals surface area contributed by atoms with Gasteiger partial charge < -0.3 is 4.90 Å². The molecule has 0 spiro atoms. The third kappa shape index (κ3) is 4.84. The predicted octanol–water partition coefficient (Wildman–Crippen LogP) is 4.74. The maximum Gasteiger partial charge on any atom is 0.417 e. The third-order valence-electron chi connectivity index (χ3n) is 6.50. The lowest BCUT2D eigenvalue weighted by molar-refractivity contribution is -0.136. The van der Waals surface area contributed by atoms with Gasteiger partial charge in [-0.3, -0.25) is 9.69 Å². The van der Waals surface area contributed by atoms with E-state index in [1.807, 2.05) is 12.1 Å². The number of aryl methyl sites for hydroxylation is 1. The van der Waals surface area contributed by atoms with Crippen LogP contribution >= 0.6 is 15.9 Å². The van der Waals surface area contributed by atoms with Crippen molar-refractivity contribution in [3.63, 3.8) is 0 Å². The van der Waals surface area contributed by atoms with Gasteiger partial charge in [-0.25, -0.2) is 9.67 Å². The molecule has 2 aliphatic rings. The van der Waals surface area contributed by atoms with E-state index in [1.165, 1.54) is 17.2 Å².